The van der Waals surface area contributed by atoms with Crippen LogP contribution in [0.25, 0.3) is 0 Å². The van der Waals surface area contributed by atoms with Crippen LogP contribution in [-0.2, 0) is 0 Å². The molecule has 1 aromatic carbocycles. The van der Waals surface area contributed by atoms with Gasteiger partial charge in [0, 0.05) is 32.7 Å². The maximum absolute atomic E-state index is 9.06. The molecule has 1 atom stereocenters. The second kappa shape index (κ2) is 8.13. The van der Waals surface area contributed by atoms with Crippen molar-refractivity contribution >= 4 is 17.3 Å². The third-order valence-corrected chi connectivity index (χ3v) is 4.60. The fraction of sp³-hybridized carbons (Fsp3) is 0.444. The highest BCUT2D eigenvalue weighted by Gasteiger charge is 2.21. The summed E-state index contributed by atoms with van der Waals surface area (Å²) >= 11 is 0. The average molecular weight is 342 g/mol. The Balaban J connectivity index is 1.70. The summed E-state index contributed by atoms with van der Waals surface area (Å²) in [6.45, 7) is 6.48. The molecule has 7 heteroatoms. The topological polar surface area (TPSA) is 90.5 Å². The van der Waals surface area contributed by atoms with Gasteiger partial charge in [0.1, 0.15) is 12.0 Å². The number of nitrogens with two attached hydrogens (primary N) is 1. The maximum atomic E-state index is 9.06. The second-order valence-electron chi connectivity index (χ2n) is 6.29. The van der Waals surface area contributed by atoms with Gasteiger partial charge in [0.2, 0.25) is 0 Å². The van der Waals surface area contributed by atoms with Crippen LogP contribution < -0.4 is 16.0 Å². The first kappa shape index (κ1) is 17.4. The molecule has 1 fully saturated rings. The van der Waals surface area contributed by atoms with E-state index < -0.39 is 0 Å². The summed E-state index contributed by atoms with van der Waals surface area (Å²) in [6, 6.07) is 10.3. The molecule has 0 aliphatic carbocycles. The minimum atomic E-state index is 0.104. The van der Waals surface area contributed by atoms with E-state index in [0.717, 1.165) is 32.0 Å². The monoisotopic (exact) mass is 342 g/mol. The molecule has 134 valence electrons. The van der Waals surface area contributed by atoms with Crippen molar-refractivity contribution in [1.82, 2.24) is 14.9 Å². The van der Waals surface area contributed by atoms with Gasteiger partial charge < -0.3 is 21.1 Å². The van der Waals surface area contributed by atoms with E-state index in [2.05, 4.69) is 44.1 Å². The number of aliphatic hydroxyl groups is 1. The number of rotatable bonds is 6. The summed E-state index contributed by atoms with van der Waals surface area (Å²) in [7, 11) is 0. The van der Waals surface area contributed by atoms with E-state index in [-0.39, 0.29) is 12.6 Å². The Morgan fingerprint density at radius 1 is 1.16 bits per heavy atom. The minimum absolute atomic E-state index is 0.104. The number of β-amino-alcohol motifs (C(OH)–C–C–N with tert-alkyl or cyclic N) is 1. The minimum Gasteiger partial charge on any atom is -0.395 e. The Hall–Kier alpha value is -2.38. The summed E-state index contributed by atoms with van der Waals surface area (Å²) in [6.07, 6.45) is 1.56. The summed E-state index contributed by atoms with van der Waals surface area (Å²) in [4.78, 5) is 13.1. The zero-order chi connectivity index (χ0) is 17.6. The van der Waals surface area contributed by atoms with Crippen molar-refractivity contribution in [3.63, 3.8) is 0 Å². The van der Waals surface area contributed by atoms with Gasteiger partial charge in [-0.25, -0.2) is 9.97 Å². The van der Waals surface area contributed by atoms with Crippen LogP contribution in [0, 0.1) is 0 Å². The van der Waals surface area contributed by atoms with Gasteiger partial charge in [0.15, 0.2) is 11.6 Å². The number of anilines is 3. The molecule has 4 N–H and O–H groups in total. The fourth-order valence-corrected chi connectivity index (χ4v) is 3.11. The zero-order valence-electron chi connectivity index (χ0n) is 14.6. The Morgan fingerprint density at radius 3 is 2.56 bits per heavy atom. The molecular weight excluding hydrogens is 316 g/mol. The molecule has 2 aromatic rings. The lowest BCUT2D eigenvalue weighted by molar-refractivity contribution is 0.188. The van der Waals surface area contributed by atoms with Crippen LogP contribution in [0.2, 0.25) is 0 Å². The second-order valence-corrected chi connectivity index (χ2v) is 6.29. The predicted molar refractivity (Wildman–Crippen MR) is 101 cm³/mol. The molecule has 0 bridgehead atoms. The van der Waals surface area contributed by atoms with Crippen molar-refractivity contribution in [2.75, 3.05) is 55.3 Å². The van der Waals surface area contributed by atoms with Crippen molar-refractivity contribution in [2.45, 2.75) is 13.0 Å². The van der Waals surface area contributed by atoms with E-state index in [1.807, 2.05) is 18.2 Å². The van der Waals surface area contributed by atoms with E-state index in [9.17, 15) is 0 Å². The quantitative estimate of drug-likeness (QED) is 0.730. The summed E-state index contributed by atoms with van der Waals surface area (Å²) in [5.41, 5.74) is 8.12. The molecule has 0 radical (unpaired) electrons. The van der Waals surface area contributed by atoms with Crippen molar-refractivity contribution in [2.24, 2.45) is 0 Å². The van der Waals surface area contributed by atoms with Gasteiger partial charge in [-0.3, -0.25) is 4.90 Å². The van der Waals surface area contributed by atoms with Gasteiger partial charge in [-0.1, -0.05) is 30.3 Å². The zero-order valence-corrected chi connectivity index (χ0v) is 14.6. The largest absolute Gasteiger partial charge is 0.395 e. The number of nitrogens with one attached hydrogen (secondary N) is 1. The van der Waals surface area contributed by atoms with Crippen molar-refractivity contribution in [3.8, 4) is 0 Å². The molecule has 2 heterocycles. The van der Waals surface area contributed by atoms with E-state index in [4.69, 9.17) is 10.8 Å². The first-order valence-electron chi connectivity index (χ1n) is 8.69. The third kappa shape index (κ3) is 4.18. The van der Waals surface area contributed by atoms with E-state index >= 15 is 0 Å². The maximum Gasteiger partial charge on any atom is 0.157 e. The van der Waals surface area contributed by atoms with Crippen molar-refractivity contribution in [3.05, 3.63) is 42.2 Å². The molecule has 7 nitrogen and oxygen atoms in total. The number of hydrogen-bond acceptors (Lipinski definition) is 7. The van der Waals surface area contributed by atoms with Crippen LogP contribution in [0.1, 0.15) is 18.5 Å². The van der Waals surface area contributed by atoms with Crippen molar-refractivity contribution < 1.29 is 5.11 Å². The highest BCUT2D eigenvalue weighted by atomic mass is 16.3. The highest BCUT2D eigenvalue weighted by molar-refractivity contribution is 5.75. The van der Waals surface area contributed by atoms with Gasteiger partial charge in [0.25, 0.3) is 0 Å². The fourth-order valence-electron chi connectivity index (χ4n) is 3.11. The van der Waals surface area contributed by atoms with Gasteiger partial charge >= 0.3 is 0 Å². The molecule has 0 saturated carbocycles. The van der Waals surface area contributed by atoms with Gasteiger partial charge in [-0.15, -0.1) is 0 Å². The number of nitrogen functional groups attached to an aromatic ring is 1. The Labute approximate surface area is 148 Å². The standard InChI is InChI=1S/C18H26N6O/c1-14(15-5-3-2-4-6-15)22-17-16(19)18(21-13-20-17)24-9-7-23(8-10-24)11-12-25/h2-6,13-14,25H,7-12,19H2,1H3,(H,20,21,22). The molecule has 1 unspecified atom stereocenters. The number of aromatic nitrogens is 2. The lowest BCUT2D eigenvalue weighted by atomic mass is 10.1. The molecular formula is C18H26N6O. The van der Waals surface area contributed by atoms with Crippen LogP contribution in [0.5, 0.6) is 0 Å². The third-order valence-electron chi connectivity index (χ3n) is 4.60. The van der Waals surface area contributed by atoms with Gasteiger partial charge in [-0.05, 0) is 12.5 Å². The molecule has 25 heavy (non-hydrogen) atoms. The summed E-state index contributed by atoms with van der Waals surface area (Å²) in [5, 5.41) is 12.4. The molecule has 1 aliphatic rings. The summed E-state index contributed by atoms with van der Waals surface area (Å²) < 4.78 is 0. The van der Waals surface area contributed by atoms with Crippen LogP contribution in [0.4, 0.5) is 17.3 Å². The van der Waals surface area contributed by atoms with E-state index in [1.54, 1.807) is 6.33 Å². The number of benzene rings is 1. The molecule has 0 amide bonds. The Morgan fingerprint density at radius 2 is 1.88 bits per heavy atom. The first-order chi connectivity index (χ1) is 12.2. The SMILES string of the molecule is CC(Nc1ncnc(N2CCN(CCO)CC2)c1N)c1ccccc1. The number of nitrogens with zero attached hydrogens (tertiary/aromatic N) is 4. The van der Waals surface area contributed by atoms with Gasteiger partial charge in [0.05, 0.1) is 12.6 Å². The van der Waals surface area contributed by atoms with Gasteiger partial charge in [-0.2, -0.15) is 0 Å². The predicted octanol–water partition coefficient (Wildman–Crippen LogP) is 1.35. The Kier molecular flexibility index (Phi) is 5.67. The van der Waals surface area contributed by atoms with E-state index in [1.165, 1.54) is 5.56 Å². The molecule has 1 aromatic heterocycles. The number of aliphatic hydroxyl groups excluding tert-OH is 1. The molecule has 0 spiro atoms. The highest BCUT2D eigenvalue weighted by Crippen LogP contribution is 2.29. The lowest BCUT2D eigenvalue weighted by Crippen LogP contribution is -2.47. The number of hydrogen-bond donors (Lipinski definition) is 3. The van der Waals surface area contributed by atoms with Crippen molar-refractivity contribution in [1.29, 1.82) is 0 Å². The molecule has 1 saturated heterocycles. The van der Waals surface area contributed by atoms with Crippen LogP contribution >= 0.6 is 0 Å². The van der Waals surface area contributed by atoms with Crippen LogP contribution in [0.3, 0.4) is 0 Å². The smallest absolute Gasteiger partial charge is 0.157 e. The Bertz CT molecular complexity index is 673. The first-order valence-corrected chi connectivity index (χ1v) is 8.69. The lowest BCUT2D eigenvalue weighted by Gasteiger charge is -2.35. The average Bonchev–Trinajstić information content (AvgIpc) is 2.65. The van der Waals surface area contributed by atoms with Crippen LogP contribution in [0.15, 0.2) is 36.7 Å². The normalized spacial score (nSPS) is 16.6. The van der Waals surface area contributed by atoms with Crippen LogP contribution in [-0.4, -0.2) is 59.3 Å². The molecule has 1 aliphatic heterocycles. The number of piperazine rings is 1. The molecule has 3 rings (SSSR count). The van der Waals surface area contributed by atoms with E-state index in [0.29, 0.717) is 18.1 Å². The summed E-state index contributed by atoms with van der Waals surface area (Å²) in [5.74, 6) is 1.44.